The summed E-state index contributed by atoms with van der Waals surface area (Å²) in [5.74, 6) is 0.509. The summed E-state index contributed by atoms with van der Waals surface area (Å²) in [6.07, 6.45) is -1.79. The third-order valence-corrected chi connectivity index (χ3v) is 2.95. The highest BCUT2D eigenvalue weighted by molar-refractivity contribution is 6.18. The summed E-state index contributed by atoms with van der Waals surface area (Å²) in [4.78, 5) is 4.02. The number of anilines is 1. The minimum Gasteiger partial charge on any atom is -0.383 e. The molecule has 0 aromatic carbocycles. The maximum Gasteiger partial charge on any atom is 0.435 e. The second-order valence-corrected chi connectivity index (χ2v) is 4.39. The van der Waals surface area contributed by atoms with Crippen LogP contribution in [0, 0.1) is 0 Å². The molecule has 0 radical (unpaired) electrons. The fraction of sp³-hybridized carbons (Fsp3) is 0.455. The maximum absolute atomic E-state index is 12.6. The fourth-order valence-electron chi connectivity index (χ4n) is 1.69. The first kappa shape index (κ1) is 14.9. The Morgan fingerprint density at radius 2 is 2.25 bits per heavy atom. The van der Waals surface area contributed by atoms with Gasteiger partial charge in [-0.2, -0.15) is 18.3 Å². The Bertz CT molecular complexity index is 587. The normalized spacial score (nSPS) is 13.7. The molecule has 0 aliphatic carbocycles. The first-order chi connectivity index (χ1) is 9.45. The van der Waals surface area contributed by atoms with E-state index in [1.807, 2.05) is 0 Å². The van der Waals surface area contributed by atoms with E-state index in [0.717, 1.165) is 10.6 Å². The fourth-order valence-corrected chi connectivity index (χ4v) is 1.86. The molecule has 20 heavy (non-hydrogen) atoms. The minimum absolute atomic E-state index is 0.228. The van der Waals surface area contributed by atoms with E-state index in [1.165, 1.54) is 19.5 Å². The molecule has 5 nitrogen and oxygen atoms in total. The van der Waals surface area contributed by atoms with E-state index >= 15 is 0 Å². The van der Waals surface area contributed by atoms with Crippen molar-refractivity contribution in [2.24, 2.45) is 0 Å². The molecule has 0 amide bonds. The number of ether oxygens (including phenoxy) is 1. The van der Waals surface area contributed by atoms with Crippen molar-refractivity contribution >= 4 is 22.9 Å². The number of methoxy groups -OCH3 is 1. The van der Waals surface area contributed by atoms with Crippen molar-refractivity contribution in [3.05, 3.63) is 24.2 Å². The molecule has 2 aromatic rings. The Morgan fingerprint density at radius 3 is 2.85 bits per heavy atom. The number of fused-ring (bicyclic) bond motifs is 1. The first-order valence-electron chi connectivity index (χ1n) is 5.68. The van der Waals surface area contributed by atoms with Gasteiger partial charge >= 0.3 is 6.18 Å². The molecular formula is C11H12ClF3N4O. The smallest absolute Gasteiger partial charge is 0.383 e. The summed E-state index contributed by atoms with van der Waals surface area (Å²) < 4.78 is 44.0. The predicted molar refractivity (Wildman–Crippen MR) is 68.0 cm³/mol. The van der Waals surface area contributed by atoms with Gasteiger partial charge in [0.15, 0.2) is 11.5 Å². The number of hydrogen-bond donors (Lipinski definition) is 1. The van der Waals surface area contributed by atoms with Crippen LogP contribution in [0.15, 0.2) is 18.5 Å². The molecule has 0 bridgehead atoms. The average Bonchev–Trinajstić information content (AvgIpc) is 2.83. The van der Waals surface area contributed by atoms with Gasteiger partial charge in [0.25, 0.3) is 0 Å². The van der Waals surface area contributed by atoms with Gasteiger partial charge in [0, 0.05) is 31.4 Å². The SMILES string of the molecule is COCC(CCl)Nc1nccn2nc(C(F)(F)F)cc12. The molecule has 1 atom stereocenters. The summed E-state index contributed by atoms with van der Waals surface area (Å²) in [6.45, 7) is 0.312. The molecule has 0 saturated carbocycles. The second-order valence-electron chi connectivity index (χ2n) is 4.08. The topological polar surface area (TPSA) is 51.5 Å². The van der Waals surface area contributed by atoms with Crippen molar-refractivity contribution in [3.63, 3.8) is 0 Å². The Kier molecular flexibility index (Phi) is 4.34. The molecule has 0 saturated heterocycles. The molecular weight excluding hydrogens is 297 g/mol. The van der Waals surface area contributed by atoms with Crippen LogP contribution in [0.2, 0.25) is 0 Å². The van der Waals surface area contributed by atoms with Crippen molar-refractivity contribution < 1.29 is 17.9 Å². The van der Waals surface area contributed by atoms with E-state index in [9.17, 15) is 13.2 Å². The zero-order valence-corrected chi connectivity index (χ0v) is 11.2. The van der Waals surface area contributed by atoms with E-state index in [4.69, 9.17) is 16.3 Å². The summed E-state index contributed by atoms with van der Waals surface area (Å²) >= 11 is 5.75. The van der Waals surface area contributed by atoms with Crippen molar-refractivity contribution in [2.45, 2.75) is 12.2 Å². The number of nitrogens with one attached hydrogen (secondary N) is 1. The molecule has 110 valence electrons. The summed E-state index contributed by atoms with van der Waals surface area (Å²) in [6, 6.07) is 0.678. The lowest BCUT2D eigenvalue weighted by Gasteiger charge is -2.15. The van der Waals surface area contributed by atoms with E-state index in [1.54, 1.807) is 0 Å². The van der Waals surface area contributed by atoms with Crippen LogP contribution in [0.3, 0.4) is 0 Å². The monoisotopic (exact) mass is 308 g/mol. The third-order valence-electron chi connectivity index (χ3n) is 2.58. The summed E-state index contributed by atoms with van der Waals surface area (Å²) in [5, 5.41) is 6.41. The van der Waals surface area contributed by atoms with Crippen molar-refractivity contribution in [3.8, 4) is 0 Å². The van der Waals surface area contributed by atoms with Gasteiger partial charge in [-0.05, 0) is 0 Å². The lowest BCUT2D eigenvalue weighted by atomic mass is 10.3. The Labute approximate surface area is 117 Å². The molecule has 0 spiro atoms. The largest absolute Gasteiger partial charge is 0.435 e. The van der Waals surface area contributed by atoms with Crippen molar-refractivity contribution in [1.29, 1.82) is 0 Å². The van der Waals surface area contributed by atoms with Crippen LogP contribution < -0.4 is 5.32 Å². The summed E-state index contributed by atoms with van der Waals surface area (Å²) in [7, 11) is 1.51. The third kappa shape index (κ3) is 3.13. The number of rotatable bonds is 5. The van der Waals surface area contributed by atoms with Gasteiger partial charge in [-0.3, -0.25) is 0 Å². The number of nitrogens with zero attached hydrogens (tertiary/aromatic N) is 3. The van der Waals surface area contributed by atoms with E-state index in [0.29, 0.717) is 6.61 Å². The number of aromatic nitrogens is 3. The standard InChI is InChI=1S/C11H12ClF3N4O/c1-20-6-7(5-12)17-10-8-4-9(11(13,14)15)18-19(8)3-2-16-10/h2-4,7H,5-6H2,1H3,(H,16,17). The van der Waals surface area contributed by atoms with Crippen LogP contribution in [0.1, 0.15) is 5.69 Å². The van der Waals surface area contributed by atoms with Gasteiger partial charge in [-0.1, -0.05) is 0 Å². The quantitative estimate of drug-likeness (QED) is 0.862. The molecule has 9 heteroatoms. The Balaban J connectivity index is 2.36. The Morgan fingerprint density at radius 1 is 1.50 bits per heavy atom. The van der Waals surface area contributed by atoms with Crippen LogP contribution in [0.4, 0.5) is 19.0 Å². The van der Waals surface area contributed by atoms with E-state index in [2.05, 4.69) is 15.4 Å². The zero-order chi connectivity index (χ0) is 14.8. The maximum atomic E-state index is 12.6. The van der Waals surface area contributed by atoms with Crippen LogP contribution >= 0.6 is 11.6 Å². The molecule has 1 unspecified atom stereocenters. The molecule has 2 rings (SSSR count). The Hall–Kier alpha value is -1.54. The lowest BCUT2D eigenvalue weighted by Crippen LogP contribution is -2.27. The molecule has 0 aliphatic rings. The summed E-state index contributed by atoms with van der Waals surface area (Å²) in [5.41, 5.74) is -0.742. The van der Waals surface area contributed by atoms with E-state index in [-0.39, 0.29) is 23.3 Å². The molecule has 1 N–H and O–H groups in total. The second kappa shape index (κ2) is 5.84. The van der Waals surface area contributed by atoms with Crippen LogP contribution in [0.5, 0.6) is 0 Å². The van der Waals surface area contributed by atoms with Gasteiger partial charge in [-0.25, -0.2) is 9.50 Å². The van der Waals surface area contributed by atoms with Crippen LogP contribution in [0.25, 0.3) is 5.52 Å². The van der Waals surface area contributed by atoms with Gasteiger partial charge in [-0.15, -0.1) is 11.6 Å². The number of alkyl halides is 4. The predicted octanol–water partition coefficient (Wildman–Crippen LogP) is 2.41. The molecule has 2 heterocycles. The highest BCUT2D eigenvalue weighted by Crippen LogP contribution is 2.30. The average molecular weight is 309 g/mol. The van der Waals surface area contributed by atoms with Crippen LogP contribution in [-0.4, -0.2) is 40.2 Å². The van der Waals surface area contributed by atoms with Gasteiger partial charge in [0.05, 0.1) is 12.6 Å². The lowest BCUT2D eigenvalue weighted by molar-refractivity contribution is -0.141. The number of hydrogen-bond acceptors (Lipinski definition) is 4. The van der Waals surface area contributed by atoms with E-state index < -0.39 is 11.9 Å². The van der Waals surface area contributed by atoms with Crippen molar-refractivity contribution in [1.82, 2.24) is 14.6 Å². The molecule has 0 fully saturated rings. The van der Waals surface area contributed by atoms with Gasteiger partial charge in [0.1, 0.15) is 5.52 Å². The molecule has 0 aliphatic heterocycles. The highest BCUT2D eigenvalue weighted by atomic mass is 35.5. The van der Waals surface area contributed by atoms with Crippen molar-refractivity contribution in [2.75, 3.05) is 24.9 Å². The van der Waals surface area contributed by atoms with Crippen LogP contribution in [-0.2, 0) is 10.9 Å². The van der Waals surface area contributed by atoms with Gasteiger partial charge in [0.2, 0.25) is 0 Å². The first-order valence-corrected chi connectivity index (χ1v) is 6.22. The number of halogens is 4. The molecule has 2 aromatic heterocycles. The van der Waals surface area contributed by atoms with Gasteiger partial charge < -0.3 is 10.1 Å². The minimum atomic E-state index is -4.50. The zero-order valence-electron chi connectivity index (χ0n) is 10.5. The highest BCUT2D eigenvalue weighted by Gasteiger charge is 2.34.